The third kappa shape index (κ3) is 5.88. The van der Waals surface area contributed by atoms with Crippen molar-refractivity contribution < 1.29 is 24.1 Å². The predicted octanol–water partition coefficient (Wildman–Crippen LogP) is 3.82. The zero-order valence-electron chi connectivity index (χ0n) is 18.6. The number of ether oxygens (including phenoxy) is 3. The first-order chi connectivity index (χ1) is 14.7. The van der Waals surface area contributed by atoms with E-state index in [1.54, 1.807) is 6.08 Å². The highest BCUT2D eigenvalue weighted by Crippen LogP contribution is 2.41. The highest BCUT2D eigenvalue weighted by Gasteiger charge is 2.49. The Morgan fingerprint density at radius 2 is 2.06 bits per heavy atom. The minimum Gasteiger partial charge on any atom is -0.443 e. The van der Waals surface area contributed by atoms with Crippen molar-refractivity contribution in [2.24, 2.45) is 10.9 Å². The van der Waals surface area contributed by atoms with E-state index in [2.05, 4.69) is 6.58 Å². The van der Waals surface area contributed by atoms with E-state index in [1.807, 2.05) is 58.0 Å². The van der Waals surface area contributed by atoms with Crippen LogP contribution in [0.1, 0.15) is 33.3 Å². The van der Waals surface area contributed by atoms with E-state index in [0.29, 0.717) is 11.8 Å². The lowest BCUT2D eigenvalue weighted by Gasteiger charge is -2.41. The van der Waals surface area contributed by atoms with Crippen LogP contribution in [0.4, 0.5) is 4.79 Å². The molecule has 1 unspecified atom stereocenters. The van der Waals surface area contributed by atoms with Gasteiger partial charge in [-0.05, 0) is 26.3 Å². The summed E-state index contributed by atoms with van der Waals surface area (Å²) in [6.45, 7) is 11.8. The van der Waals surface area contributed by atoms with Gasteiger partial charge in [0.25, 0.3) is 0 Å². The molecule has 0 spiro atoms. The van der Waals surface area contributed by atoms with Crippen LogP contribution in [0.15, 0.2) is 48.0 Å². The lowest BCUT2D eigenvalue weighted by molar-refractivity contribution is -0.148. The second-order valence-electron chi connectivity index (χ2n) is 8.75. The Morgan fingerprint density at radius 3 is 2.68 bits per heavy atom. The van der Waals surface area contributed by atoms with Gasteiger partial charge in [-0.15, -0.1) is 6.58 Å². The number of aliphatic hydroxyl groups excluding tert-OH is 1. The Morgan fingerprint density at radius 1 is 1.35 bits per heavy atom. The molecule has 7 nitrogen and oxygen atoms in total. The van der Waals surface area contributed by atoms with Crippen molar-refractivity contribution in [3.05, 3.63) is 48.6 Å². The minimum absolute atomic E-state index is 0.0620. The molecule has 0 radical (unpaired) electrons. The number of carbonyl (C=O) groups is 1. The second kappa shape index (κ2) is 10.2. The molecule has 5 atom stereocenters. The molecule has 0 bridgehead atoms. The molecule has 31 heavy (non-hydrogen) atoms. The van der Waals surface area contributed by atoms with Crippen LogP contribution in [0.2, 0.25) is 0 Å². The summed E-state index contributed by atoms with van der Waals surface area (Å²) in [7, 11) is 0. The molecule has 2 aliphatic rings. The lowest BCUT2D eigenvalue weighted by atomic mass is 9.90. The average Bonchev–Trinajstić information content (AvgIpc) is 3.13. The van der Waals surface area contributed by atoms with Gasteiger partial charge in [0.1, 0.15) is 17.1 Å². The normalized spacial score (nSPS) is 27.9. The first-order valence-corrected chi connectivity index (χ1v) is 11.4. The molecular weight excluding hydrogens is 416 g/mol. The molecule has 8 heteroatoms. The van der Waals surface area contributed by atoms with Crippen molar-refractivity contribution in [1.29, 1.82) is 0 Å². The number of rotatable bonds is 6. The fourth-order valence-electron chi connectivity index (χ4n) is 3.58. The number of hydrogen-bond donors (Lipinski definition) is 1. The van der Waals surface area contributed by atoms with Crippen molar-refractivity contribution in [2.75, 3.05) is 13.2 Å². The van der Waals surface area contributed by atoms with Gasteiger partial charge in [0.05, 0.1) is 25.4 Å². The Kier molecular flexibility index (Phi) is 7.80. The van der Waals surface area contributed by atoms with Gasteiger partial charge in [-0.2, -0.15) is 0 Å². The number of fused-ring (bicyclic) bond motifs is 1. The van der Waals surface area contributed by atoms with Crippen LogP contribution in [-0.2, 0) is 20.8 Å². The van der Waals surface area contributed by atoms with Gasteiger partial charge in [-0.25, -0.2) is 4.79 Å². The molecule has 170 valence electrons. The van der Waals surface area contributed by atoms with Crippen molar-refractivity contribution in [3.8, 4) is 0 Å². The van der Waals surface area contributed by atoms with E-state index < -0.39 is 11.7 Å². The fourth-order valence-corrected chi connectivity index (χ4v) is 4.80. The summed E-state index contributed by atoms with van der Waals surface area (Å²) in [6, 6.07) is 9.64. The number of aliphatic hydroxyl groups is 1. The largest absolute Gasteiger partial charge is 0.443 e. The maximum absolute atomic E-state index is 12.8. The van der Waals surface area contributed by atoms with Crippen molar-refractivity contribution in [1.82, 2.24) is 4.90 Å². The van der Waals surface area contributed by atoms with Crippen LogP contribution in [0, 0.1) is 5.92 Å². The number of carbonyl (C=O) groups excluding carboxylic acids is 1. The molecule has 0 aliphatic carbocycles. The summed E-state index contributed by atoms with van der Waals surface area (Å²) in [4.78, 5) is 19.1. The van der Waals surface area contributed by atoms with Crippen LogP contribution in [-0.4, -0.2) is 63.7 Å². The van der Waals surface area contributed by atoms with Gasteiger partial charge >= 0.3 is 6.09 Å². The van der Waals surface area contributed by atoms with Gasteiger partial charge < -0.3 is 19.3 Å². The molecule has 1 saturated heterocycles. The topological polar surface area (TPSA) is 80.6 Å². The molecule has 3 rings (SSSR count). The quantitative estimate of drug-likeness (QED) is 0.667. The zero-order chi connectivity index (χ0) is 22.6. The standard InChI is InChI=1S/C23H32N2O5S/c1-6-12-25(22(27)30-23(3,4)5)21-24-18-19(28-14-16-10-8-7-9-11-16)15(2)17(13-26)29-20(18)31-21/h6-11,15,17-20,26H,1,12-14H2,2-5H3/t15-,17-,18-,19?,20-/m1/s1. The Hall–Kier alpha value is -1.87. The van der Waals surface area contributed by atoms with Gasteiger partial charge in [0.15, 0.2) is 5.17 Å². The van der Waals surface area contributed by atoms with Crippen molar-refractivity contribution in [3.63, 3.8) is 0 Å². The van der Waals surface area contributed by atoms with E-state index in [9.17, 15) is 9.90 Å². The molecule has 1 N–H and O–H groups in total. The number of amidine groups is 1. The smallest absolute Gasteiger partial charge is 0.416 e. The summed E-state index contributed by atoms with van der Waals surface area (Å²) in [5.41, 5.74) is 0.0931. The number of nitrogens with zero attached hydrogens (tertiary/aromatic N) is 2. The van der Waals surface area contributed by atoms with E-state index in [0.717, 1.165) is 5.56 Å². The average molecular weight is 449 g/mol. The Balaban J connectivity index is 1.81. The Bertz CT molecular complexity index is 795. The maximum atomic E-state index is 12.8. The summed E-state index contributed by atoms with van der Waals surface area (Å²) >= 11 is 1.36. The third-order valence-corrected chi connectivity index (χ3v) is 6.29. The van der Waals surface area contributed by atoms with Gasteiger partial charge in [-0.1, -0.05) is 55.1 Å². The van der Waals surface area contributed by atoms with Gasteiger partial charge in [0.2, 0.25) is 0 Å². The number of hydrogen-bond acceptors (Lipinski definition) is 7. The molecule has 2 heterocycles. The summed E-state index contributed by atoms with van der Waals surface area (Å²) < 4.78 is 17.9. The Labute approximate surface area is 188 Å². The second-order valence-corrected chi connectivity index (χ2v) is 9.81. The van der Waals surface area contributed by atoms with E-state index in [-0.39, 0.29) is 42.8 Å². The molecule has 0 aromatic heterocycles. The first kappa shape index (κ1) is 23.8. The number of thioether (sulfide) groups is 1. The monoisotopic (exact) mass is 448 g/mol. The van der Waals surface area contributed by atoms with Crippen molar-refractivity contribution in [2.45, 2.75) is 63.6 Å². The molecule has 0 saturated carbocycles. The summed E-state index contributed by atoms with van der Waals surface area (Å²) in [5.74, 6) is -0.0620. The molecular formula is C23H32N2O5S. The summed E-state index contributed by atoms with van der Waals surface area (Å²) in [5, 5.41) is 10.4. The molecule has 1 aromatic rings. The minimum atomic E-state index is -0.624. The van der Waals surface area contributed by atoms with Crippen molar-refractivity contribution >= 4 is 23.0 Å². The predicted molar refractivity (Wildman–Crippen MR) is 122 cm³/mol. The van der Waals surface area contributed by atoms with Crippen LogP contribution in [0.3, 0.4) is 0 Å². The van der Waals surface area contributed by atoms with E-state index in [1.165, 1.54) is 16.7 Å². The zero-order valence-corrected chi connectivity index (χ0v) is 19.4. The third-order valence-electron chi connectivity index (χ3n) is 5.13. The van der Waals surface area contributed by atoms with Crippen LogP contribution in [0.25, 0.3) is 0 Å². The molecule has 2 aliphatic heterocycles. The summed E-state index contributed by atoms with van der Waals surface area (Å²) in [6.07, 6.45) is 0.535. The van der Waals surface area contributed by atoms with E-state index in [4.69, 9.17) is 19.2 Å². The highest BCUT2D eigenvalue weighted by atomic mass is 32.2. The molecule has 1 fully saturated rings. The van der Waals surface area contributed by atoms with Gasteiger partial charge in [0, 0.05) is 12.5 Å². The van der Waals surface area contributed by atoms with Crippen LogP contribution in [0.5, 0.6) is 0 Å². The number of amides is 1. The molecule has 1 aromatic carbocycles. The van der Waals surface area contributed by atoms with Crippen LogP contribution >= 0.6 is 11.8 Å². The first-order valence-electron chi connectivity index (χ1n) is 10.5. The lowest BCUT2D eigenvalue weighted by Crippen LogP contribution is -2.52. The van der Waals surface area contributed by atoms with Crippen LogP contribution < -0.4 is 0 Å². The number of benzene rings is 1. The fraction of sp³-hybridized carbons (Fsp3) is 0.565. The molecule has 1 amide bonds. The maximum Gasteiger partial charge on any atom is 0.416 e. The SMILES string of the molecule is C=CCN(C(=O)OC(C)(C)C)C1=N[C@@H]2C(OCc3ccccc3)[C@H](C)[C@@H](CO)O[C@@H]2S1. The van der Waals surface area contributed by atoms with E-state index >= 15 is 0 Å². The highest BCUT2D eigenvalue weighted by molar-refractivity contribution is 8.14. The van der Waals surface area contributed by atoms with Gasteiger partial charge in [-0.3, -0.25) is 9.89 Å². The number of aliphatic imine (C=N–C) groups is 1.